The Bertz CT molecular complexity index is 1640. The lowest BCUT2D eigenvalue weighted by Gasteiger charge is -2.25. The van der Waals surface area contributed by atoms with Crippen LogP contribution < -0.4 is 10.3 Å². The average Bonchev–Trinajstić information content (AvgIpc) is 3.51. The number of benzene rings is 2. The molecule has 0 radical (unpaired) electrons. The summed E-state index contributed by atoms with van der Waals surface area (Å²) in [6.07, 6.45) is 5.91. The molecule has 2 aromatic carbocycles. The lowest BCUT2D eigenvalue weighted by Crippen LogP contribution is -2.30. The van der Waals surface area contributed by atoms with E-state index in [1.807, 2.05) is 36.3 Å². The van der Waals surface area contributed by atoms with Crippen molar-refractivity contribution < 1.29 is 9.47 Å². The molecular weight excluding hydrogens is 464 g/mol. The van der Waals surface area contributed by atoms with E-state index in [0.717, 1.165) is 39.2 Å². The first-order chi connectivity index (χ1) is 17.9. The summed E-state index contributed by atoms with van der Waals surface area (Å²) in [7, 11) is 3.50. The highest BCUT2D eigenvalue weighted by Crippen LogP contribution is 2.36. The van der Waals surface area contributed by atoms with Gasteiger partial charge in [-0.3, -0.25) is 9.48 Å². The molecule has 0 aliphatic carbocycles. The van der Waals surface area contributed by atoms with E-state index in [1.165, 1.54) is 5.56 Å². The van der Waals surface area contributed by atoms with Crippen molar-refractivity contribution in [1.29, 1.82) is 0 Å². The van der Waals surface area contributed by atoms with Crippen LogP contribution in [-0.2, 0) is 11.8 Å². The van der Waals surface area contributed by atoms with Crippen molar-refractivity contribution in [1.82, 2.24) is 18.9 Å². The molecule has 7 heteroatoms. The van der Waals surface area contributed by atoms with Gasteiger partial charge in [-0.1, -0.05) is 36.8 Å². The van der Waals surface area contributed by atoms with Gasteiger partial charge >= 0.3 is 0 Å². The fraction of sp³-hybridized carbons (Fsp3) is 0.267. The van der Waals surface area contributed by atoms with Gasteiger partial charge in [0.2, 0.25) is 0 Å². The van der Waals surface area contributed by atoms with Gasteiger partial charge in [-0.15, -0.1) is 0 Å². The number of aryl methyl sites for hydroxylation is 2. The van der Waals surface area contributed by atoms with Crippen molar-refractivity contribution in [3.8, 4) is 22.7 Å². The second kappa shape index (κ2) is 9.09. The molecule has 3 aromatic heterocycles. The fourth-order valence-corrected chi connectivity index (χ4v) is 5.08. The van der Waals surface area contributed by atoms with E-state index in [-0.39, 0.29) is 17.5 Å². The van der Waals surface area contributed by atoms with Gasteiger partial charge in [0.25, 0.3) is 5.56 Å². The van der Waals surface area contributed by atoms with Crippen molar-refractivity contribution in [2.45, 2.75) is 25.8 Å². The smallest absolute Gasteiger partial charge is 0.275 e. The highest BCUT2D eigenvalue weighted by atomic mass is 16.5. The Morgan fingerprint density at radius 3 is 2.43 bits per heavy atom. The minimum absolute atomic E-state index is 0.0349. The van der Waals surface area contributed by atoms with Crippen LogP contribution in [0.15, 0.2) is 78.0 Å². The first kappa shape index (κ1) is 23.3. The average molecular weight is 495 g/mol. The van der Waals surface area contributed by atoms with E-state index >= 15 is 0 Å². The molecule has 5 aromatic rings. The van der Waals surface area contributed by atoms with E-state index in [0.29, 0.717) is 18.7 Å². The molecule has 37 heavy (non-hydrogen) atoms. The first-order valence-corrected chi connectivity index (χ1v) is 12.5. The van der Waals surface area contributed by atoms with Crippen LogP contribution in [0.1, 0.15) is 35.6 Å². The van der Waals surface area contributed by atoms with Crippen molar-refractivity contribution in [3.05, 3.63) is 100 Å². The van der Waals surface area contributed by atoms with Crippen LogP contribution in [0.2, 0.25) is 0 Å². The SMILES string of the molecule is COc1ccc(C(C)c2cn(C)c(=O)c3c2cc(-c2cnn(C4COC4)c2)n3-c2ccc(C)cc2)cc1. The van der Waals surface area contributed by atoms with Crippen molar-refractivity contribution >= 4 is 10.9 Å². The number of pyridine rings is 1. The maximum absolute atomic E-state index is 13.7. The van der Waals surface area contributed by atoms with E-state index in [1.54, 1.807) is 11.7 Å². The molecule has 7 nitrogen and oxygen atoms in total. The topological polar surface area (TPSA) is 63.2 Å². The number of aromatic nitrogens is 4. The largest absolute Gasteiger partial charge is 0.497 e. The lowest BCUT2D eigenvalue weighted by atomic mass is 9.92. The molecule has 1 unspecified atom stereocenters. The van der Waals surface area contributed by atoms with Gasteiger partial charge in [0.15, 0.2) is 0 Å². The number of nitrogens with zero attached hydrogens (tertiary/aromatic N) is 4. The van der Waals surface area contributed by atoms with Gasteiger partial charge in [-0.25, -0.2) is 0 Å². The molecule has 0 amide bonds. The summed E-state index contributed by atoms with van der Waals surface area (Å²) in [6, 6.07) is 18.8. The van der Waals surface area contributed by atoms with Crippen molar-refractivity contribution in [2.24, 2.45) is 7.05 Å². The molecule has 1 fully saturated rings. The number of rotatable bonds is 6. The quantitative estimate of drug-likeness (QED) is 0.324. The maximum atomic E-state index is 13.7. The van der Waals surface area contributed by atoms with Crippen LogP contribution in [0.4, 0.5) is 0 Å². The number of methoxy groups -OCH3 is 1. The van der Waals surface area contributed by atoms with Crippen LogP contribution in [0.25, 0.3) is 27.8 Å². The minimum atomic E-state index is -0.0349. The molecule has 188 valence electrons. The third-order valence-electron chi connectivity index (χ3n) is 7.43. The molecule has 1 aliphatic heterocycles. The third-order valence-corrected chi connectivity index (χ3v) is 7.43. The van der Waals surface area contributed by atoms with E-state index in [9.17, 15) is 4.79 Å². The third kappa shape index (κ3) is 3.96. The second-order valence-corrected chi connectivity index (χ2v) is 9.86. The van der Waals surface area contributed by atoms with Crippen LogP contribution in [-0.4, -0.2) is 39.2 Å². The summed E-state index contributed by atoms with van der Waals surface area (Å²) in [5.41, 5.74) is 6.90. The Kier molecular flexibility index (Phi) is 5.72. The van der Waals surface area contributed by atoms with Gasteiger partial charge in [-0.05, 0) is 48.4 Å². The normalized spacial score (nSPS) is 14.6. The summed E-state index contributed by atoms with van der Waals surface area (Å²) >= 11 is 0. The standard InChI is InChI=1S/C30H30N4O3/c1-19-5-9-23(10-6-19)34-28(22-14-31-33(15-22)24-17-37-18-24)13-26-27(16-32(3)30(35)29(26)34)20(2)21-7-11-25(36-4)12-8-21/h5-16,20,24H,17-18H2,1-4H3. The molecule has 6 rings (SSSR count). The molecular formula is C30H30N4O3. The summed E-state index contributed by atoms with van der Waals surface area (Å²) < 4.78 is 16.5. The van der Waals surface area contributed by atoms with Gasteiger partial charge in [0.05, 0.1) is 38.3 Å². The van der Waals surface area contributed by atoms with Crippen molar-refractivity contribution in [2.75, 3.05) is 20.3 Å². The van der Waals surface area contributed by atoms with Crippen LogP contribution in [0.5, 0.6) is 5.75 Å². The van der Waals surface area contributed by atoms with E-state index in [2.05, 4.69) is 72.2 Å². The maximum Gasteiger partial charge on any atom is 0.275 e. The Balaban J connectivity index is 1.60. The molecule has 0 N–H and O–H groups in total. The van der Waals surface area contributed by atoms with Crippen LogP contribution >= 0.6 is 0 Å². The lowest BCUT2D eigenvalue weighted by molar-refractivity contribution is -0.0286. The number of hydrogen-bond acceptors (Lipinski definition) is 4. The Hall–Kier alpha value is -4.10. The zero-order valence-corrected chi connectivity index (χ0v) is 21.5. The molecule has 1 atom stereocenters. The molecule has 1 saturated heterocycles. The molecule has 1 aliphatic rings. The van der Waals surface area contributed by atoms with Gasteiger partial charge in [-0.2, -0.15) is 5.10 Å². The highest BCUT2D eigenvalue weighted by molar-refractivity contribution is 5.91. The van der Waals surface area contributed by atoms with E-state index < -0.39 is 0 Å². The fourth-order valence-electron chi connectivity index (χ4n) is 5.08. The Morgan fingerprint density at radius 1 is 1.05 bits per heavy atom. The van der Waals surface area contributed by atoms with Crippen LogP contribution in [0.3, 0.4) is 0 Å². The summed E-state index contributed by atoms with van der Waals surface area (Å²) in [4.78, 5) is 13.7. The number of fused-ring (bicyclic) bond motifs is 1. The number of hydrogen-bond donors (Lipinski definition) is 0. The Morgan fingerprint density at radius 2 is 1.78 bits per heavy atom. The summed E-state index contributed by atoms with van der Waals surface area (Å²) in [5.74, 6) is 0.889. The van der Waals surface area contributed by atoms with Gasteiger partial charge < -0.3 is 18.6 Å². The summed E-state index contributed by atoms with van der Waals surface area (Å²) in [6.45, 7) is 5.59. The zero-order valence-electron chi connectivity index (χ0n) is 21.5. The van der Waals surface area contributed by atoms with Crippen LogP contribution in [0, 0.1) is 6.92 Å². The Labute approximate surface area is 215 Å². The summed E-state index contributed by atoms with van der Waals surface area (Å²) in [5, 5.41) is 5.57. The van der Waals surface area contributed by atoms with Crippen molar-refractivity contribution in [3.63, 3.8) is 0 Å². The van der Waals surface area contributed by atoms with E-state index in [4.69, 9.17) is 9.47 Å². The highest BCUT2D eigenvalue weighted by Gasteiger charge is 2.25. The molecule has 4 heterocycles. The monoisotopic (exact) mass is 494 g/mol. The predicted molar refractivity (Wildman–Crippen MR) is 145 cm³/mol. The molecule has 0 spiro atoms. The predicted octanol–water partition coefficient (Wildman–Crippen LogP) is 5.23. The second-order valence-electron chi connectivity index (χ2n) is 9.86. The van der Waals surface area contributed by atoms with Gasteiger partial charge in [0, 0.05) is 42.0 Å². The molecule has 0 saturated carbocycles. The first-order valence-electron chi connectivity index (χ1n) is 12.5. The minimum Gasteiger partial charge on any atom is -0.497 e. The zero-order chi connectivity index (χ0) is 25.7. The molecule has 0 bridgehead atoms. The van der Waals surface area contributed by atoms with Gasteiger partial charge in [0.1, 0.15) is 11.3 Å². The number of ether oxygens (including phenoxy) is 2.